The second-order valence-corrected chi connectivity index (χ2v) is 30.9. The first-order chi connectivity index (χ1) is 63.6. The Kier molecular flexibility index (Phi) is 35.4. The first kappa shape index (κ1) is 95.1. The predicted molar refractivity (Wildman–Crippen MR) is 545 cm³/mol. The molecule has 0 saturated carbocycles. The molecule has 0 heterocycles. The maximum atomic E-state index is 11.8. The van der Waals surface area contributed by atoms with Gasteiger partial charge in [0.1, 0.15) is 28.4 Å². The highest BCUT2D eigenvalue weighted by Crippen LogP contribution is 2.43. The minimum Gasteiger partial charge on any atom is -0.462 e. The molecule has 0 fully saturated rings. The van der Waals surface area contributed by atoms with E-state index >= 15 is 0 Å². The average molecular weight is 1730 g/mol. The van der Waals surface area contributed by atoms with E-state index in [2.05, 4.69) is 231 Å². The molecule has 0 unspecified atom stereocenters. The van der Waals surface area contributed by atoms with Crippen molar-refractivity contribution in [2.75, 3.05) is 106 Å². The largest absolute Gasteiger partial charge is 0.462 e. The number of hydrogen-bond acceptors (Lipinski definition) is 20. The summed E-state index contributed by atoms with van der Waals surface area (Å²) < 4.78 is 5.02. The first-order valence-electron chi connectivity index (χ1n) is 42.8. The molecule has 0 aliphatic heterocycles. The number of carbonyl (C=O) groups is 1. The number of aryl methyl sites for hydroxylation is 3. The molecule has 0 saturated heterocycles. The zero-order valence-corrected chi connectivity index (χ0v) is 76.8. The Bertz CT molecular complexity index is 6540. The van der Waals surface area contributed by atoms with Crippen LogP contribution in [-0.2, 0) is 4.74 Å². The van der Waals surface area contributed by atoms with Crippen LogP contribution in [0.5, 0.6) is 0 Å². The van der Waals surface area contributed by atoms with Crippen LogP contribution in [0.1, 0.15) is 39.5 Å². The molecule has 0 amide bonds. The Labute approximate surface area is 769 Å². The lowest BCUT2D eigenvalue weighted by Crippen LogP contribution is -2.10. The van der Waals surface area contributed by atoms with Gasteiger partial charge >= 0.3 is 5.97 Å². The van der Waals surface area contributed by atoms with E-state index in [1.165, 1.54) is 27.6 Å². The predicted octanol–water partition coefficient (Wildman–Crippen LogP) is 32.7. The first-order valence-corrected chi connectivity index (χ1v) is 42.8. The maximum absolute atomic E-state index is 11.8. The normalized spacial score (nSPS) is 10.9. The number of para-hydroxylation sites is 2. The number of ether oxygens (including phenoxy) is 1. The molecule has 0 radical (unpaired) electrons. The van der Waals surface area contributed by atoms with Gasteiger partial charge in [-0.1, -0.05) is 212 Å². The summed E-state index contributed by atoms with van der Waals surface area (Å²) in [5.41, 5.74) is 24.0. The summed E-state index contributed by atoms with van der Waals surface area (Å²) in [6, 6.07) is 123. The quantitative estimate of drug-likeness (QED) is 0.0362. The third-order valence-electron chi connectivity index (χ3n) is 20.7. The Morgan fingerprint density at radius 1 is 0.282 bits per heavy atom. The van der Waals surface area contributed by atoms with Crippen LogP contribution < -0.4 is 29.4 Å². The molecule has 656 valence electrons. The van der Waals surface area contributed by atoms with Gasteiger partial charge in [0.25, 0.3) is 0 Å². The smallest absolute Gasteiger partial charge is 0.338 e. The lowest BCUT2D eigenvalue weighted by atomic mass is 10.1. The molecule has 131 heavy (non-hydrogen) atoms. The van der Waals surface area contributed by atoms with E-state index in [0.29, 0.717) is 29.2 Å². The number of anilines is 8. The topological polar surface area (TPSA) is 198 Å². The second kappa shape index (κ2) is 48.8. The van der Waals surface area contributed by atoms with E-state index in [9.17, 15) is 4.79 Å². The van der Waals surface area contributed by atoms with E-state index < -0.39 is 0 Å². The van der Waals surface area contributed by atoms with E-state index in [4.69, 9.17) is 11.3 Å². The lowest BCUT2D eigenvalue weighted by molar-refractivity contribution is 0.0526. The van der Waals surface area contributed by atoms with Crippen LogP contribution in [0.3, 0.4) is 0 Å². The molecule has 0 N–H and O–H groups in total. The van der Waals surface area contributed by atoms with Gasteiger partial charge in [-0.15, -0.1) is 30.7 Å². The minimum absolute atomic E-state index is 0.342. The van der Waals surface area contributed by atoms with Crippen LogP contribution in [-0.4, -0.2) is 83.1 Å². The summed E-state index contributed by atoms with van der Waals surface area (Å²) in [5, 5.41) is 57.0. The SMILES string of the molecule is CCOC(=O)c1ccc(N(C)C)c(N=Nc2ccccc2)c1.CN(c1ccccc1)c1cc2ccccc2cc1N=Nc1ccccc1.CN(c1ccccc1)c1ccc2ccccc2c1N=Nc1ccccc1.Cc1cc(N=Nc2ccccc2)c(N(C)C)cc1C.Cc1ccc(N(C)C)c(N=Nc2ccccc2)c1C.[C-]#[N+]c1ccc(N(C)C)c(N=Nc2ccccc2)c1. The van der Waals surface area contributed by atoms with E-state index in [1.54, 1.807) is 31.2 Å². The monoisotopic (exact) mass is 1730 g/mol. The van der Waals surface area contributed by atoms with Crippen molar-refractivity contribution in [1.29, 1.82) is 0 Å². The maximum Gasteiger partial charge on any atom is 0.338 e. The molecule has 21 nitrogen and oxygen atoms in total. The summed E-state index contributed by atoms with van der Waals surface area (Å²) in [6.45, 7) is 17.6. The van der Waals surface area contributed by atoms with Gasteiger partial charge in [0.2, 0.25) is 0 Å². The number of esters is 1. The molecule has 21 heteroatoms. The second-order valence-electron chi connectivity index (χ2n) is 30.9. The standard InChI is InChI=1S/2C23H19N3.C17H19N3O2.2C16H19N3.C15H14N4/c1-26(21-14-6-3-7-15-21)23-17-19-11-9-8-10-18(19)16-22(23)25-24-20-12-4-2-5-13-20;1-26(20-13-6-3-7-14-20)22-17-16-18-10-8-9-15-21(18)23(22)25-24-19-11-4-2-5-12-19;1-4-22-17(21)13-10-11-16(20(2)3)15(12-13)19-18-14-8-6-5-7-9-14;1-12-10-15(16(19(3)4)11-13(12)2)18-17-14-8-6-5-7-9-14;1-12-10-11-15(19(3)4)16(13(12)2)18-17-14-8-6-5-7-9-14;1-16-13-9-10-15(19(2)3)14(11-13)18-17-12-7-5-4-6-8-12/h2*2-17H,1H3;5-12H,4H2,1-3H3;2*5-11H,1-4H3;4-11H,2-3H3. The molecule has 0 bridgehead atoms. The van der Waals surface area contributed by atoms with E-state index in [0.717, 1.165) is 119 Å². The van der Waals surface area contributed by atoms with Crippen molar-refractivity contribution in [1.82, 2.24) is 0 Å². The van der Waals surface area contributed by atoms with Crippen molar-refractivity contribution < 1.29 is 9.53 Å². The average Bonchev–Trinajstić information content (AvgIpc) is 0.806. The third kappa shape index (κ3) is 27.9. The van der Waals surface area contributed by atoms with Crippen molar-refractivity contribution in [2.24, 2.45) is 61.4 Å². The lowest BCUT2D eigenvalue weighted by Gasteiger charge is -2.22. The number of hydrogen-bond donors (Lipinski definition) is 0. The minimum atomic E-state index is -0.357. The van der Waals surface area contributed by atoms with E-state index in [1.807, 2.05) is 315 Å². The van der Waals surface area contributed by atoms with Gasteiger partial charge in [0.15, 0.2) is 5.69 Å². The molecule has 0 aromatic heterocycles. The number of carbonyl (C=O) groups excluding carboxylic acids is 1. The fourth-order valence-electron chi connectivity index (χ4n) is 13.3. The number of benzene rings is 16. The highest BCUT2D eigenvalue weighted by Gasteiger charge is 2.18. The summed E-state index contributed by atoms with van der Waals surface area (Å²) in [5.74, 6) is -0.357. The van der Waals surface area contributed by atoms with Crippen LogP contribution in [0.25, 0.3) is 26.4 Å². The number of fused-ring (bicyclic) bond motifs is 2. The van der Waals surface area contributed by atoms with Gasteiger partial charge in [-0.3, -0.25) is 0 Å². The number of nitrogens with zero attached hydrogens (tertiary/aromatic N) is 19. The zero-order chi connectivity index (χ0) is 92.8. The molecule has 0 atom stereocenters. The Hall–Kier alpha value is -16.6. The molecule has 0 aliphatic rings. The molecular formula is C110H109N19O2. The molecule has 16 aromatic rings. The molecule has 16 rings (SSSR count). The van der Waals surface area contributed by atoms with Crippen molar-refractivity contribution in [3.05, 3.63) is 415 Å². The van der Waals surface area contributed by atoms with Gasteiger partial charge < -0.3 is 34.1 Å². The fraction of sp³-hybridized carbons (Fsp3) is 0.145. The van der Waals surface area contributed by atoms with Gasteiger partial charge in [-0.05, 0) is 237 Å². The highest BCUT2D eigenvalue weighted by molar-refractivity contribution is 6.00. The van der Waals surface area contributed by atoms with Crippen LogP contribution in [0.4, 0.5) is 119 Å². The van der Waals surface area contributed by atoms with Gasteiger partial charge in [0.05, 0.1) is 92.7 Å². The van der Waals surface area contributed by atoms with Gasteiger partial charge in [-0.2, -0.15) is 30.7 Å². The molecule has 0 spiro atoms. The van der Waals surface area contributed by atoms with Gasteiger partial charge in [0, 0.05) is 87.2 Å². The Morgan fingerprint density at radius 2 is 0.618 bits per heavy atom. The summed E-state index contributed by atoms with van der Waals surface area (Å²) in [4.78, 5) is 27.5. The Morgan fingerprint density at radius 3 is 1.05 bits per heavy atom. The fourth-order valence-corrected chi connectivity index (χ4v) is 13.3. The third-order valence-corrected chi connectivity index (χ3v) is 20.7. The van der Waals surface area contributed by atoms with Crippen molar-refractivity contribution in [3.63, 3.8) is 0 Å². The van der Waals surface area contributed by atoms with Gasteiger partial charge in [-0.25, -0.2) is 9.64 Å². The zero-order valence-electron chi connectivity index (χ0n) is 76.8. The van der Waals surface area contributed by atoms with Crippen LogP contribution in [0.15, 0.2) is 437 Å². The van der Waals surface area contributed by atoms with Crippen molar-refractivity contribution in [3.8, 4) is 0 Å². The molecule has 0 aliphatic carbocycles. The van der Waals surface area contributed by atoms with Crippen LogP contribution in [0, 0.1) is 34.3 Å². The van der Waals surface area contributed by atoms with Crippen LogP contribution in [0.2, 0.25) is 0 Å². The molecular weight excluding hydrogens is 1620 g/mol. The van der Waals surface area contributed by atoms with Crippen molar-refractivity contribution >= 4 is 147 Å². The summed E-state index contributed by atoms with van der Waals surface area (Å²) in [7, 11) is 19.9. The van der Waals surface area contributed by atoms with Crippen LogP contribution >= 0.6 is 0 Å². The number of rotatable bonds is 22. The summed E-state index contributed by atoms with van der Waals surface area (Å²) >= 11 is 0. The molecule has 16 aromatic carbocycles. The number of azo groups is 6. The summed E-state index contributed by atoms with van der Waals surface area (Å²) in [6.07, 6.45) is 0. The van der Waals surface area contributed by atoms with Crippen molar-refractivity contribution in [2.45, 2.75) is 34.6 Å². The Balaban J connectivity index is 0.000000153. The highest BCUT2D eigenvalue weighted by atomic mass is 16.5. The van der Waals surface area contributed by atoms with E-state index in [-0.39, 0.29) is 5.97 Å².